The van der Waals surface area contributed by atoms with E-state index in [0.29, 0.717) is 6.04 Å². The molecule has 2 rings (SSSR count). The van der Waals surface area contributed by atoms with Crippen LogP contribution in [-0.2, 0) is 6.42 Å². The van der Waals surface area contributed by atoms with Gasteiger partial charge in [0, 0.05) is 4.88 Å². The Kier molecular flexibility index (Phi) is 5.47. The Hall–Kier alpha value is -0.580. The third kappa shape index (κ3) is 3.97. The van der Waals surface area contributed by atoms with Crippen LogP contribution in [0.5, 0.6) is 0 Å². The van der Waals surface area contributed by atoms with Crippen molar-refractivity contribution in [2.75, 3.05) is 6.54 Å². The van der Waals surface area contributed by atoms with Crippen molar-refractivity contribution in [2.45, 2.75) is 32.2 Å². The van der Waals surface area contributed by atoms with Gasteiger partial charge in [-0.25, -0.2) is 0 Å². The van der Waals surface area contributed by atoms with Crippen LogP contribution < -0.4 is 5.32 Å². The van der Waals surface area contributed by atoms with Gasteiger partial charge < -0.3 is 9.73 Å². The number of furan rings is 1. The molecule has 0 saturated heterocycles. The van der Waals surface area contributed by atoms with Crippen molar-refractivity contribution in [2.24, 2.45) is 0 Å². The maximum atomic E-state index is 5.67. The van der Waals surface area contributed by atoms with Crippen molar-refractivity contribution in [1.29, 1.82) is 0 Å². The first-order valence-corrected chi connectivity index (χ1v) is 7.98. The second kappa shape index (κ2) is 7.12. The molecule has 1 unspecified atom stereocenters. The molecule has 2 aromatic rings. The van der Waals surface area contributed by atoms with Crippen molar-refractivity contribution >= 4 is 27.3 Å². The fourth-order valence-corrected chi connectivity index (χ4v) is 2.96. The summed E-state index contributed by atoms with van der Waals surface area (Å²) in [7, 11) is 0. The van der Waals surface area contributed by atoms with Crippen molar-refractivity contribution in [3.63, 3.8) is 0 Å². The van der Waals surface area contributed by atoms with Crippen molar-refractivity contribution in [3.05, 3.63) is 45.0 Å². The Bertz CT molecular complexity index is 452. The Morgan fingerprint density at radius 3 is 2.89 bits per heavy atom. The largest absolute Gasteiger partial charge is 0.453 e. The monoisotopic (exact) mass is 327 g/mol. The Labute approximate surface area is 121 Å². The van der Waals surface area contributed by atoms with Gasteiger partial charge in [-0.05, 0) is 65.3 Å². The Morgan fingerprint density at radius 2 is 2.28 bits per heavy atom. The third-order valence-electron chi connectivity index (χ3n) is 2.84. The SMILES string of the molecule is CCCNC(CCc1cccs1)c1ccc(Br)o1. The van der Waals surface area contributed by atoms with Crippen LogP contribution >= 0.6 is 27.3 Å². The van der Waals surface area contributed by atoms with Gasteiger partial charge in [0.2, 0.25) is 0 Å². The molecule has 4 heteroatoms. The van der Waals surface area contributed by atoms with Gasteiger partial charge in [0.25, 0.3) is 0 Å². The molecule has 0 fully saturated rings. The summed E-state index contributed by atoms with van der Waals surface area (Å²) >= 11 is 5.19. The maximum absolute atomic E-state index is 5.67. The van der Waals surface area contributed by atoms with Crippen LogP contribution in [-0.4, -0.2) is 6.54 Å². The molecule has 2 heterocycles. The number of rotatable bonds is 7. The summed E-state index contributed by atoms with van der Waals surface area (Å²) in [4.78, 5) is 1.43. The first kappa shape index (κ1) is 13.8. The van der Waals surface area contributed by atoms with E-state index in [-0.39, 0.29) is 0 Å². The molecular weight excluding hydrogens is 310 g/mol. The highest BCUT2D eigenvalue weighted by molar-refractivity contribution is 9.10. The zero-order chi connectivity index (χ0) is 12.8. The van der Waals surface area contributed by atoms with Crippen LogP contribution in [0.3, 0.4) is 0 Å². The smallest absolute Gasteiger partial charge is 0.169 e. The molecule has 0 amide bonds. The summed E-state index contributed by atoms with van der Waals surface area (Å²) in [6.45, 7) is 3.20. The predicted molar refractivity (Wildman–Crippen MR) is 80.1 cm³/mol. The predicted octanol–water partition coefficient (Wildman–Crippen LogP) is 4.78. The van der Waals surface area contributed by atoms with E-state index in [0.717, 1.165) is 36.2 Å². The van der Waals surface area contributed by atoms with Crippen molar-refractivity contribution in [3.8, 4) is 0 Å². The van der Waals surface area contributed by atoms with E-state index in [2.05, 4.69) is 45.7 Å². The van der Waals surface area contributed by atoms with E-state index in [1.165, 1.54) is 4.88 Å². The zero-order valence-electron chi connectivity index (χ0n) is 10.5. The second-order valence-electron chi connectivity index (χ2n) is 4.27. The van der Waals surface area contributed by atoms with Crippen molar-refractivity contribution < 1.29 is 4.42 Å². The van der Waals surface area contributed by atoms with Gasteiger partial charge in [-0.15, -0.1) is 11.3 Å². The number of nitrogens with one attached hydrogen (secondary N) is 1. The maximum Gasteiger partial charge on any atom is 0.169 e. The molecule has 1 atom stereocenters. The first-order valence-electron chi connectivity index (χ1n) is 6.30. The van der Waals surface area contributed by atoms with Crippen LogP contribution in [0.4, 0.5) is 0 Å². The molecule has 0 spiro atoms. The average Bonchev–Trinajstić information content (AvgIpc) is 3.01. The van der Waals surface area contributed by atoms with Crippen molar-refractivity contribution in [1.82, 2.24) is 5.32 Å². The summed E-state index contributed by atoms with van der Waals surface area (Å²) in [6.07, 6.45) is 3.30. The topological polar surface area (TPSA) is 25.2 Å². The van der Waals surface area contributed by atoms with E-state index in [1.807, 2.05) is 23.5 Å². The van der Waals surface area contributed by atoms with E-state index >= 15 is 0 Å². The lowest BCUT2D eigenvalue weighted by Crippen LogP contribution is -2.22. The minimum absolute atomic E-state index is 0.304. The Morgan fingerprint density at radius 1 is 1.39 bits per heavy atom. The fraction of sp³-hybridized carbons (Fsp3) is 0.429. The highest BCUT2D eigenvalue weighted by Gasteiger charge is 2.14. The molecule has 1 N–H and O–H groups in total. The van der Waals surface area contributed by atoms with Crippen LogP contribution in [0.1, 0.15) is 36.4 Å². The number of halogens is 1. The van der Waals surface area contributed by atoms with Gasteiger partial charge in [-0.1, -0.05) is 13.0 Å². The second-order valence-corrected chi connectivity index (χ2v) is 6.08. The molecular formula is C14H18BrNOS. The zero-order valence-corrected chi connectivity index (χ0v) is 12.9. The lowest BCUT2D eigenvalue weighted by Gasteiger charge is -2.15. The first-order chi connectivity index (χ1) is 8.79. The molecule has 0 radical (unpaired) electrons. The normalized spacial score (nSPS) is 12.8. The van der Waals surface area contributed by atoms with Gasteiger partial charge in [0.15, 0.2) is 4.67 Å². The Balaban J connectivity index is 1.96. The summed E-state index contributed by atoms with van der Waals surface area (Å²) < 4.78 is 6.47. The summed E-state index contributed by atoms with van der Waals surface area (Å²) in [6, 6.07) is 8.61. The molecule has 2 aromatic heterocycles. The third-order valence-corrected chi connectivity index (χ3v) is 4.20. The van der Waals surface area contributed by atoms with E-state index < -0.39 is 0 Å². The molecule has 0 aliphatic carbocycles. The summed E-state index contributed by atoms with van der Waals surface area (Å²) in [5, 5.41) is 5.68. The molecule has 0 bridgehead atoms. The molecule has 98 valence electrons. The molecule has 2 nitrogen and oxygen atoms in total. The number of hydrogen-bond acceptors (Lipinski definition) is 3. The van der Waals surface area contributed by atoms with Crippen LogP contribution in [0.25, 0.3) is 0 Å². The fourth-order valence-electron chi connectivity index (χ4n) is 1.92. The standard InChI is InChI=1S/C14H18BrNOS/c1-2-9-16-12(13-7-8-14(15)17-13)6-5-11-4-3-10-18-11/h3-4,7-8,10,12,16H,2,5-6,9H2,1H3. The molecule has 0 aliphatic rings. The van der Waals surface area contributed by atoms with E-state index in [1.54, 1.807) is 0 Å². The van der Waals surface area contributed by atoms with Gasteiger partial charge >= 0.3 is 0 Å². The number of hydrogen-bond donors (Lipinski definition) is 1. The molecule has 18 heavy (non-hydrogen) atoms. The van der Waals surface area contributed by atoms with Gasteiger partial charge in [-0.3, -0.25) is 0 Å². The highest BCUT2D eigenvalue weighted by Crippen LogP contribution is 2.25. The molecule has 0 saturated carbocycles. The highest BCUT2D eigenvalue weighted by atomic mass is 79.9. The summed E-state index contributed by atoms with van der Waals surface area (Å²) in [5.41, 5.74) is 0. The minimum atomic E-state index is 0.304. The average molecular weight is 328 g/mol. The number of aryl methyl sites for hydroxylation is 1. The minimum Gasteiger partial charge on any atom is -0.453 e. The lowest BCUT2D eigenvalue weighted by molar-refractivity contribution is 0.387. The lowest BCUT2D eigenvalue weighted by atomic mass is 10.1. The van der Waals surface area contributed by atoms with Gasteiger partial charge in [0.1, 0.15) is 5.76 Å². The molecule has 0 aromatic carbocycles. The van der Waals surface area contributed by atoms with Crippen LogP contribution in [0.15, 0.2) is 38.7 Å². The van der Waals surface area contributed by atoms with Crippen LogP contribution in [0, 0.1) is 0 Å². The quantitative estimate of drug-likeness (QED) is 0.791. The van der Waals surface area contributed by atoms with E-state index in [9.17, 15) is 0 Å². The van der Waals surface area contributed by atoms with E-state index in [4.69, 9.17) is 4.42 Å². The summed E-state index contributed by atoms with van der Waals surface area (Å²) in [5.74, 6) is 1.02. The van der Waals surface area contributed by atoms with Gasteiger partial charge in [-0.2, -0.15) is 0 Å². The van der Waals surface area contributed by atoms with Gasteiger partial charge in [0.05, 0.1) is 6.04 Å². The molecule has 0 aliphatic heterocycles. The number of thiophene rings is 1. The van der Waals surface area contributed by atoms with Crippen LogP contribution in [0.2, 0.25) is 0 Å².